The largest absolute Gasteiger partial charge is 0.360 e. The van der Waals surface area contributed by atoms with Crippen molar-refractivity contribution in [2.24, 2.45) is 0 Å². The van der Waals surface area contributed by atoms with Gasteiger partial charge in [-0.1, -0.05) is 22.9 Å². The van der Waals surface area contributed by atoms with Crippen molar-refractivity contribution in [3.8, 4) is 0 Å². The zero-order valence-electron chi connectivity index (χ0n) is 17.6. The summed E-state index contributed by atoms with van der Waals surface area (Å²) >= 11 is 0. The Labute approximate surface area is 177 Å². The highest BCUT2D eigenvalue weighted by atomic mass is 32.2. The summed E-state index contributed by atoms with van der Waals surface area (Å²) in [6, 6.07) is 12.2. The quantitative estimate of drug-likeness (QED) is 0.657. The highest BCUT2D eigenvalue weighted by Crippen LogP contribution is 2.33. The number of rotatable bonds is 5. The minimum Gasteiger partial charge on any atom is -0.360 e. The topological polar surface area (TPSA) is 88.3 Å². The summed E-state index contributed by atoms with van der Waals surface area (Å²) < 4.78 is 32.8. The van der Waals surface area contributed by atoms with Crippen molar-refractivity contribution in [2.45, 2.75) is 44.9 Å². The number of benzene rings is 1. The summed E-state index contributed by atoms with van der Waals surface area (Å²) in [5.74, 6) is 0.368. The normalized spacial score (nSPS) is 17.4. The van der Waals surface area contributed by atoms with Gasteiger partial charge in [0, 0.05) is 41.8 Å². The molecular weight excluding hydrogens is 400 g/mol. The third-order valence-corrected chi connectivity index (χ3v) is 7.56. The third kappa shape index (κ3) is 3.97. The van der Waals surface area contributed by atoms with E-state index in [0.29, 0.717) is 24.5 Å². The van der Waals surface area contributed by atoms with Gasteiger partial charge in [0.15, 0.2) is 5.76 Å². The lowest BCUT2D eigenvalue weighted by molar-refractivity contribution is 0.389. The number of aromatic nitrogens is 2. The van der Waals surface area contributed by atoms with Crippen molar-refractivity contribution in [3.63, 3.8) is 0 Å². The molecule has 7 nitrogen and oxygen atoms in total. The SMILES string of the molecule is Cc1ccc(Nc2cc(C)nc([C@H]3CCN(S(=O)(=O)c4c(C)noc4C)C3)c2)cc1. The number of hydrogen-bond acceptors (Lipinski definition) is 6. The van der Waals surface area contributed by atoms with E-state index in [0.717, 1.165) is 29.2 Å². The van der Waals surface area contributed by atoms with E-state index >= 15 is 0 Å². The Morgan fingerprint density at radius 2 is 1.80 bits per heavy atom. The fourth-order valence-electron chi connectivity index (χ4n) is 3.94. The van der Waals surface area contributed by atoms with E-state index in [9.17, 15) is 8.42 Å². The molecule has 0 saturated carbocycles. The Bertz CT molecular complexity index is 1150. The molecule has 0 aliphatic carbocycles. The minimum absolute atomic E-state index is 0.0405. The molecule has 8 heteroatoms. The molecule has 1 aliphatic rings. The molecule has 1 atom stereocenters. The minimum atomic E-state index is -3.64. The Hall–Kier alpha value is -2.71. The third-order valence-electron chi connectivity index (χ3n) is 5.45. The predicted molar refractivity (Wildman–Crippen MR) is 116 cm³/mol. The summed E-state index contributed by atoms with van der Waals surface area (Å²) in [5, 5.41) is 7.22. The van der Waals surface area contributed by atoms with E-state index < -0.39 is 10.0 Å². The van der Waals surface area contributed by atoms with E-state index in [-0.39, 0.29) is 10.8 Å². The van der Waals surface area contributed by atoms with Crippen LogP contribution in [0.2, 0.25) is 0 Å². The molecule has 1 fully saturated rings. The van der Waals surface area contributed by atoms with Crippen LogP contribution in [0.15, 0.2) is 45.8 Å². The van der Waals surface area contributed by atoms with E-state index in [1.54, 1.807) is 13.8 Å². The summed E-state index contributed by atoms with van der Waals surface area (Å²) in [4.78, 5) is 4.88. The average Bonchev–Trinajstić information content (AvgIpc) is 3.31. The molecule has 0 spiro atoms. The van der Waals surface area contributed by atoms with Crippen LogP contribution in [-0.4, -0.2) is 36.0 Å². The van der Waals surface area contributed by atoms with Gasteiger partial charge in [-0.3, -0.25) is 4.98 Å². The molecule has 1 N–H and O–H groups in total. The first-order chi connectivity index (χ1) is 14.2. The number of nitrogens with zero attached hydrogens (tertiary/aromatic N) is 3. The van der Waals surface area contributed by atoms with Crippen LogP contribution in [0.1, 0.15) is 40.7 Å². The van der Waals surface area contributed by atoms with Crippen LogP contribution in [0, 0.1) is 27.7 Å². The zero-order valence-corrected chi connectivity index (χ0v) is 18.5. The van der Waals surface area contributed by atoms with E-state index in [4.69, 9.17) is 9.51 Å². The van der Waals surface area contributed by atoms with Crippen molar-refractivity contribution in [1.82, 2.24) is 14.4 Å². The first-order valence-electron chi connectivity index (χ1n) is 9.99. The van der Waals surface area contributed by atoms with Crippen LogP contribution in [0.3, 0.4) is 0 Å². The average molecular weight is 427 g/mol. The van der Waals surface area contributed by atoms with Crippen LogP contribution in [0.25, 0.3) is 0 Å². The zero-order chi connectivity index (χ0) is 21.5. The Morgan fingerprint density at radius 1 is 1.07 bits per heavy atom. The van der Waals surface area contributed by atoms with E-state index in [2.05, 4.69) is 29.5 Å². The van der Waals surface area contributed by atoms with Crippen molar-refractivity contribution in [3.05, 3.63) is 64.8 Å². The van der Waals surface area contributed by atoms with Crippen LogP contribution >= 0.6 is 0 Å². The van der Waals surface area contributed by atoms with Gasteiger partial charge in [0.25, 0.3) is 0 Å². The van der Waals surface area contributed by atoms with Gasteiger partial charge < -0.3 is 9.84 Å². The van der Waals surface area contributed by atoms with E-state index in [1.807, 2.05) is 31.2 Å². The van der Waals surface area contributed by atoms with Gasteiger partial charge in [0.1, 0.15) is 10.6 Å². The van der Waals surface area contributed by atoms with Crippen molar-refractivity contribution < 1.29 is 12.9 Å². The van der Waals surface area contributed by atoms with Gasteiger partial charge in [-0.25, -0.2) is 8.42 Å². The van der Waals surface area contributed by atoms with Crippen LogP contribution < -0.4 is 5.32 Å². The molecule has 3 aromatic rings. The number of aryl methyl sites for hydroxylation is 4. The number of hydrogen-bond donors (Lipinski definition) is 1. The number of pyridine rings is 1. The van der Waals surface area contributed by atoms with Crippen LogP contribution in [0.4, 0.5) is 11.4 Å². The molecule has 3 heterocycles. The molecule has 4 rings (SSSR count). The lowest BCUT2D eigenvalue weighted by atomic mass is 10.0. The molecular formula is C22H26N4O3S. The van der Waals surface area contributed by atoms with Gasteiger partial charge in [-0.05, 0) is 58.4 Å². The van der Waals surface area contributed by atoms with Gasteiger partial charge in [-0.2, -0.15) is 4.31 Å². The summed E-state index contributed by atoms with van der Waals surface area (Å²) in [6.45, 7) is 8.14. The molecule has 1 aliphatic heterocycles. The second kappa shape index (κ2) is 7.85. The van der Waals surface area contributed by atoms with Gasteiger partial charge in [-0.15, -0.1) is 0 Å². The van der Waals surface area contributed by atoms with Gasteiger partial charge >= 0.3 is 0 Å². The number of sulfonamides is 1. The molecule has 0 unspecified atom stereocenters. The van der Waals surface area contributed by atoms with E-state index in [1.165, 1.54) is 9.87 Å². The van der Waals surface area contributed by atoms with Crippen LogP contribution in [-0.2, 0) is 10.0 Å². The second-order valence-electron chi connectivity index (χ2n) is 7.92. The predicted octanol–water partition coefficient (Wildman–Crippen LogP) is 4.23. The van der Waals surface area contributed by atoms with Crippen molar-refractivity contribution in [1.29, 1.82) is 0 Å². The molecule has 30 heavy (non-hydrogen) atoms. The summed E-state index contributed by atoms with van der Waals surface area (Å²) in [7, 11) is -3.64. The Balaban J connectivity index is 1.55. The fraction of sp³-hybridized carbons (Fsp3) is 0.364. The smallest absolute Gasteiger partial charge is 0.248 e. The summed E-state index contributed by atoms with van der Waals surface area (Å²) in [5.41, 5.74) is 5.36. The Morgan fingerprint density at radius 3 is 2.47 bits per heavy atom. The maximum absolute atomic E-state index is 13.1. The van der Waals surface area contributed by atoms with Crippen molar-refractivity contribution >= 4 is 21.4 Å². The Kier molecular flexibility index (Phi) is 5.38. The molecule has 0 amide bonds. The molecule has 0 radical (unpaired) electrons. The summed E-state index contributed by atoms with van der Waals surface area (Å²) in [6.07, 6.45) is 0.725. The first kappa shape index (κ1) is 20.6. The maximum Gasteiger partial charge on any atom is 0.248 e. The fourth-order valence-corrected chi connectivity index (χ4v) is 5.73. The van der Waals surface area contributed by atoms with Crippen molar-refractivity contribution in [2.75, 3.05) is 18.4 Å². The van der Waals surface area contributed by atoms with Gasteiger partial charge in [0.2, 0.25) is 10.0 Å². The molecule has 2 aromatic heterocycles. The lowest BCUT2D eigenvalue weighted by Gasteiger charge is -2.17. The number of anilines is 2. The lowest BCUT2D eigenvalue weighted by Crippen LogP contribution is -2.29. The second-order valence-corrected chi connectivity index (χ2v) is 9.79. The molecule has 1 saturated heterocycles. The highest BCUT2D eigenvalue weighted by Gasteiger charge is 2.37. The molecule has 158 valence electrons. The number of nitrogens with one attached hydrogen (secondary N) is 1. The van der Waals surface area contributed by atoms with Crippen LogP contribution in [0.5, 0.6) is 0 Å². The first-order valence-corrected chi connectivity index (χ1v) is 11.4. The van der Waals surface area contributed by atoms with Gasteiger partial charge in [0.05, 0.1) is 0 Å². The highest BCUT2D eigenvalue weighted by molar-refractivity contribution is 7.89. The maximum atomic E-state index is 13.1. The standard InChI is InChI=1S/C22H26N4O3S/c1-14-5-7-19(8-6-14)24-20-11-15(2)23-21(12-20)18-9-10-26(13-18)30(27,28)22-16(3)25-29-17(22)4/h5-8,11-12,18H,9-10,13H2,1-4H3,(H,23,24)/t18-/m0/s1. The molecule has 1 aromatic carbocycles. The molecule has 0 bridgehead atoms. The monoisotopic (exact) mass is 426 g/mol.